The summed E-state index contributed by atoms with van der Waals surface area (Å²) >= 11 is 0. The van der Waals surface area contributed by atoms with E-state index in [4.69, 9.17) is 0 Å². The lowest BCUT2D eigenvalue weighted by Crippen LogP contribution is -2.41. The van der Waals surface area contributed by atoms with Gasteiger partial charge in [-0.15, -0.1) is 0 Å². The number of aromatic nitrogens is 1. The van der Waals surface area contributed by atoms with Gasteiger partial charge in [0.15, 0.2) is 5.78 Å². The molecule has 3 nitrogen and oxygen atoms in total. The number of ketones is 1. The van der Waals surface area contributed by atoms with Crippen molar-refractivity contribution < 1.29 is 4.79 Å². The van der Waals surface area contributed by atoms with Crippen molar-refractivity contribution in [3.8, 4) is 0 Å². The van der Waals surface area contributed by atoms with Gasteiger partial charge in [0.25, 0.3) is 0 Å². The Morgan fingerprint density at radius 3 is 2.50 bits per heavy atom. The first-order chi connectivity index (χ1) is 8.33. The van der Waals surface area contributed by atoms with E-state index in [1.807, 2.05) is 27.0 Å². The largest absolute Gasteiger partial charge is 0.351 e. The van der Waals surface area contributed by atoms with Gasteiger partial charge in [-0.2, -0.15) is 0 Å². The molecule has 2 heterocycles. The number of hydrogen-bond acceptors (Lipinski definition) is 2. The van der Waals surface area contributed by atoms with Gasteiger partial charge in [-0.1, -0.05) is 0 Å². The molecule has 2 rings (SSSR count). The fraction of sp³-hybridized carbons (Fsp3) is 0.667. The lowest BCUT2D eigenvalue weighted by molar-refractivity contribution is 0.0870. The summed E-state index contributed by atoms with van der Waals surface area (Å²) in [7, 11) is 2.02. The Kier molecular flexibility index (Phi) is 3.37. The molecule has 1 saturated heterocycles. The van der Waals surface area contributed by atoms with Crippen LogP contribution in [0.25, 0.3) is 0 Å². The molecule has 0 radical (unpaired) electrons. The average molecular weight is 248 g/mol. The molecule has 0 unspecified atom stereocenters. The lowest BCUT2D eigenvalue weighted by atomic mass is 10.0. The molecule has 0 N–H and O–H groups in total. The highest BCUT2D eigenvalue weighted by Gasteiger charge is 2.33. The van der Waals surface area contributed by atoms with Crippen molar-refractivity contribution in [3.63, 3.8) is 0 Å². The quantitative estimate of drug-likeness (QED) is 0.768. The van der Waals surface area contributed by atoms with Crippen LogP contribution in [0, 0.1) is 13.8 Å². The molecule has 1 aliphatic rings. The molecule has 1 fully saturated rings. The van der Waals surface area contributed by atoms with Crippen LogP contribution in [0.15, 0.2) is 6.07 Å². The summed E-state index contributed by atoms with van der Waals surface area (Å²) in [6, 6.07) is 2.01. The predicted molar refractivity (Wildman–Crippen MR) is 74.1 cm³/mol. The highest BCUT2D eigenvalue weighted by atomic mass is 16.1. The third-order valence-corrected chi connectivity index (χ3v) is 4.48. The van der Waals surface area contributed by atoms with Gasteiger partial charge in [0.05, 0.1) is 6.54 Å². The molecule has 0 amide bonds. The van der Waals surface area contributed by atoms with Crippen molar-refractivity contribution in [2.24, 2.45) is 7.05 Å². The van der Waals surface area contributed by atoms with Crippen LogP contribution in [0.4, 0.5) is 0 Å². The number of nitrogens with zero attached hydrogens (tertiary/aromatic N) is 2. The molecule has 1 aromatic rings. The predicted octanol–water partition coefficient (Wildman–Crippen LogP) is 2.70. The van der Waals surface area contributed by atoms with Crippen LogP contribution in [0.1, 0.15) is 48.4 Å². The second-order valence-corrected chi connectivity index (χ2v) is 6.10. The lowest BCUT2D eigenvalue weighted by Gasteiger charge is -2.30. The summed E-state index contributed by atoms with van der Waals surface area (Å²) in [5.41, 5.74) is 3.29. The number of aryl methyl sites for hydroxylation is 1. The Balaban J connectivity index is 2.15. The van der Waals surface area contributed by atoms with Crippen LogP contribution >= 0.6 is 0 Å². The zero-order chi connectivity index (χ0) is 13.5. The van der Waals surface area contributed by atoms with Crippen LogP contribution in [0.3, 0.4) is 0 Å². The zero-order valence-electron chi connectivity index (χ0n) is 12.2. The molecule has 1 aromatic heterocycles. The van der Waals surface area contributed by atoms with Crippen molar-refractivity contribution in [3.05, 3.63) is 23.0 Å². The van der Waals surface area contributed by atoms with Crippen molar-refractivity contribution in [1.82, 2.24) is 9.47 Å². The molecule has 18 heavy (non-hydrogen) atoms. The molecular weight excluding hydrogens is 224 g/mol. The second kappa shape index (κ2) is 4.54. The van der Waals surface area contributed by atoms with E-state index in [0.29, 0.717) is 6.54 Å². The van der Waals surface area contributed by atoms with Gasteiger partial charge in [-0.05, 0) is 53.1 Å². The minimum atomic E-state index is 0.174. The second-order valence-electron chi connectivity index (χ2n) is 6.10. The molecule has 0 aromatic carbocycles. The summed E-state index contributed by atoms with van der Waals surface area (Å²) in [4.78, 5) is 14.7. The van der Waals surface area contributed by atoms with E-state index in [1.54, 1.807) is 0 Å². The zero-order valence-corrected chi connectivity index (χ0v) is 12.2. The Morgan fingerprint density at radius 2 is 2.06 bits per heavy atom. The Bertz CT molecular complexity index is 471. The van der Waals surface area contributed by atoms with Crippen molar-refractivity contribution in [2.45, 2.75) is 46.1 Å². The maximum Gasteiger partial charge on any atom is 0.178 e. The molecule has 0 spiro atoms. The van der Waals surface area contributed by atoms with Crippen molar-refractivity contribution in [2.75, 3.05) is 13.1 Å². The minimum Gasteiger partial charge on any atom is -0.351 e. The highest BCUT2D eigenvalue weighted by molar-refractivity contribution is 5.99. The normalized spacial score (nSPS) is 19.4. The van der Waals surface area contributed by atoms with Gasteiger partial charge >= 0.3 is 0 Å². The summed E-state index contributed by atoms with van der Waals surface area (Å²) < 4.78 is 2.09. The molecule has 0 bridgehead atoms. The van der Waals surface area contributed by atoms with Crippen molar-refractivity contribution >= 4 is 5.78 Å². The molecule has 1 aliphatic heterocycles. The Morgan fingerprint density at radius 1 is 1.39 bits per heavy atom. The van der Waals surface area contributed by atoms with Gasteiger partial charge in [-0.25, -0.2) is 0 Å². The summed E-state index contributed by atoms with van der Waals surface area (Å²) in [5, 5.41) is 0. The fourth-order valence-corrected chi connectivity index (χ4v) is 2.85. The van der Waals surface area contributed by atoms with Crippen molar-refractivity contribution in [1.29, 1.82) is 0 Å². The SMILES string of the molecule is Cc1cc(C(=O)CN2CCCC2(C)C)c(C)n1C. The van der Waals surface area contributed by atoms with Gasteiger partial charge in [-0.3, -0.25) is 9.69 Å². The molecule has 3 heteroatoms. The van der Waals surface area contributed by atoms with E-state index < -0.39 is 0 Å². The van der Waals surface area contributed by atoms with E-state index in [9.17, 15) is 4.79 Å². The average Bonchev–Trinajstić information content (AvgIpc) is 2.74. The van der Waals surface area contributed by atoms with E-state index >= 15 is 0 Å². The monoisotopic (exact) mass is 248 g/mol. The topological polar surface area (TPSA) is 25.2 Å². The van der Waals surface area contributed by atoms with Crippen LogP contribution < -0.4 is 0 Å². The summed E-state index contributed by atoms with van der Waals surface area (Å²) in [6.07, 6.45) is 2.39. The van der Waals surface area contributed by atoms with E-state index in [0.717, 1.165) is 23.5 Å². The first-order valence-corrected chi connectivity index (χ1v) is 6.74. The number of likely N-dealkylation sites (tertiary alicyclic amines) is 1. The number of carbonyl (C=O) groups excluding carboxylic acids is 1. The fourth-order valence-electron chi connectivity index (χ4n) is 2.85. The maximum atomic E-state index is 12.4. The number of Topliss-reactive ketones (excluding diaryl/α,β-unsaturated/α-hetero) is 1. The molecule has 0 atom stereocenters. The molecule has 0 aliphatic carbocycles. The molecule has 0 saturated carbocycles. The number of hydrogen-bond donors (Lipinski definition) is 0. The van der Waals surface area contributed by atoms with Crippen LogP contribution in [-0.4, -0.2) is 33.9 Å². The smallest absolute Gasteiger partial charge is 0.178 e. The van der Waals surface area contributed by atoms with Gasteiger partial charge in [0.1, 0.15) is 0 Å². The number of carbonyl (C=O) groups is 1. The van der Waals surface area contributed by atoms with Crippen LogP contribution in [0.5, 0.6) is 0 Å². The summed E-state index contributed by atoms with van der Waals surface area (Å²) in [6.45, 7) is 10.1. The third-order valence-electron chi connectivity index (χ3n) is 4.48. The van der Waals surface area contributed by atoms with Gasteiger partial charge in [0.2, 0.25) is 0 Å². The van der Waals surface area contributed by atoms with Crippen LogP contribution in [0.2, 0.25) is 0 Å². The minimum absolute atomic E-state index is 0.174. The highest BCUT2D eigenvalue weighted by Crippen LogP contribution is 2.28. The molecule has 100 valence electrons. The Hall–Kier alpha value is -1.09. The van der Waals surface area contributed by atoms with Gasteiger partial charge < -0.3 is 4.57 Å². The first-order valence-electron chi connectivity index (χ1n) is 6.74. The third kappa shape index (κ3) is 2.24. The number of rotatable bonds is 3. The van der Waals surface area contributed by atoms with Gasteiger partial charge in [0, 0.05) is 29.5 Å². The van der Waals surface area contributed by atoms with Crippen LogP contribution in [-0.2, 0) is 7.05 Å². The first kappa shape index (κ1) is 13.3. The Labute approximate surface area is 110 Å². The van der Waals surface area contributed by atoms with E-state index in [1.165, 1.54) is 12.8 Å². The summed E-state index contributed by atoms with van der Waals surface area (Å²) in [5.74, 6) is 0.256. The molecular formula is C15H24N2O. The van der Waals surface area contributed by atoms with E-state index in [2.05, 4.69) is 23.3 Å². The van der Waals surface area contributed by atoms with E-state index in [-0.39, 0.29) is 11.3 Å². The maximum absolute atomic E-state index is 12.4. The standard InChI is InChI=1S/C15H24N2O/c1-11-9-13(12(2)16(11)5)14(18)10-17-8-6-7-15(17,3)4/h9H,6-8,10H2,1-5H3.